The summed E-state index contributed by atoms with van der Waals surface area (Å²) in [7, 11) is 1.14. The van der Waals surface area contributed by atoms with Gasteiger partial charge in [0.15, 0.2) is 23.1 Å². The molecule has 24 heavy (non-hydrogen) atoms. The molecular formula is C17H12F4O3. The lowest BCUT2D eigenvalue weighted by Gasteiger charge is -2.13. The number of hydrogen-bond donors (Lipinski definition) is 0. The smallest absolute Gasteiger partial charge is 0.335 e. The minimum absolute atomic E-state index is 0.0229. The van der Waals surface area contributed by atoms with Crippen LogP contribution in [0.3, 0.4) is 0 Å². The molecule has 126 valence electrons. The van der Waals surface area contributed by atoms with Crippen molar-refractivity contribution < 1.29 is 31.8 Å². The highest BCUT2D eigenvalue weighted by molar-refractivity contribution is 5.84. The van der Waals surface area contributed by atoms with Crippen molar-refractivity contribution in [2.75, 3.05) is 7.11 Å². The molecule has 0 spiro atoms. The number of halogens is 4. The molecule has 0 heterocycles. The molecule has 2 rings (SSSR count). The molecule has 2 aromatic carbocycles. The molecule has 0 saturated carbocycles. The topological polar surface area (TPSA) is 35.5 Å². The average Bonchev–Trinajstić information content (AvgIpc) is 2.57. The number of methoxy groups -OCH3 is 1. The van der Waals surface area contributed by atoms with Crippen molar-refractivity contribution in [2.24, 2.45) is 0 Å². The maximum Gasteiger partial charge on any atom is 0.335 e. The van der Waals surface area contributed by atoms with Gasteiger partial charge in [0.05, 0.1) is 7.11 Å². The van der Waals surface area contributed by atoms with Gasteiger partial charge in [-0.25, -0.2) is 13.6 Å². The maximum absolute atomic E-state index is 14.3. The summed E-state index contributed by atoms with van der Waals surface area (Å²) < 4.78 is 65.5. The van der Waals surface area contributed by atoms with Gasteiger partial charge in [-0.05, 0) is 30.7 Å². The molecule has 0 fully saturated rings. The van der Waals surface area contributed by atoms with E-state index in [0.29, 0.717) is 0 Å². The normalized spacial score (nSPS) is 10.4. The molecule has 3 nitrogen and oxygen atoms in total. The van der Waals surface area contributed by atoms with Gasteiger partial charge in [0.2, 0.25) is 11.6 Å². The number of rotatable bonds is 4. The predicted molar refractivity (Wildman–Crippen MR) is 78.8 cm³/mol. The Kier molecular flexibility index (Phi) is 4.92. The molecule has 0 radical (unpaired) electrons. The Morgan fingerprint density at radius 3 is 2.25 bits per heavy atom. The molecule has 0 atom stereocenters. The summed E-state index contributed by atoms with van der Waals surface area (Å²) in [6.45, 7) is 4.48. The summed E-state index contributed by atoms with van der Waals surface area (Å²) >= 11 is 0. The highest BCUT2D eigenvalue weighted by Gasteiger charge is 2.24. The van der Waals surface area contributed by atoms with Crippen LogP contribution in [0.5, 0.6) is 11.5 Å². The van der Waals surface area contributed by atoms with Crippen LogP contribution in [0.15, 0.2) is 30.9 Å². The van der Waals surface area contributed by atoms with Crippen LogP contribution in [0.4, 0.5) is 17.6 Å². The quantitative estimate of drug-likeness (QED) is 0.360. The van der Waals surface area contributed by atoms with Crippen molar-refractivity contribution >= 4 is 5.97 Å². The minimum atomic E-state index is -1.49. The van der Waals surface area contributed by atoms with E-state index in [1.165, 1.54) is 6.92 Å². The summed E-state index contributed by atoms with van der Waals surface area (Å²) in [5, 5.41) is 0. The fourth-order valence-electron chi connectivity index (χ4n) is 2.10. The van der Waals surface area contributed by atoms with Gasteiger partial charge < -0.3 is 9.47 Å². The average molecular weight is 340 g/mol. The van der Waals surface area contributed by atoms with Gasteiger partial charge in [0, 0.05) is 17.2 Å². The first kappa shape index (κ1) is 17.5. The molecule has 0 saturated heterocycles. The van der Waals surface area contributed by atoms with E-state index in [1.807, 2.05) is 0 Å². The number of esters is 1. The molecule has 0 amide bonds. The zero-order valence-electron chi connectivity index (χ0n) is 12.8. The van der Waals surface area contributed by atoms with Gasteiger partial charge in [-0.15, -0.1) is 0 Å². The SMILES string of the molecule is C=CC(=O)Oc1c(C)cc(-c2ccc(OC)c(F)c2F)c(F)c1F. The number of hydrogen-bond acceptors (Lipinski definition) is 3. The first-order valence-corrected chi connectivity index (χ1v) is 6.67. The van der Waals surface area contributed by atoms with Crippen LogP contribution >= 0.6 is 0 Å². The summed E-state index contributed by atoms with van der Waals surface area (Å²) in [5.41, 5.74) is -0.980. The van der Waals surface area contributed by atoms with Crippen molar-refractivity contribution in [3.63, 3.8) is 0 Å². The van der Waals surface area contributed by atoms with Crippen LogP contribution in [-0.4, -0.2) is 13.1 Å². The third-order valence-corrected chi connectivity index (χ3v) is 3.27. The fourth-order valence-corrected chi connectivity index (χ4v) is 2.10. The van der Waals surface area contributed by atoms with E-state index < -0.39 is 46.1 Å². The summed E-state index contributed by atoms with van der Waals surface area (Å²) in [4.78, 5) is 11.2. The number of carbonyl (C=O) groups excluding carboxylic acids is 1. The Morgan fingerprint density at radius 1 is 1.04 bits per heavy atom. The van der Waals surface area contributed by atoms with Gasteiger partial charge in [-0.3, -0.25) is 0 Å². The Bertz CT molecular complexity index is 831. The summed E-state index contributed by atoms with van der Waals surface area (Å²) in [5.74, 6) is -7.67. The number of aryl methyl sites for hydroxylation is 1. The molecule has 7 heteroatoms. The van der Waals surface area contributed by atoms with Gasteiger partial charge in [-0.1, -0.05) is 6.58 Å². The minimum Gasteiger partial charge on any atom is -0.494 e. The summed E-state index contributed by atoms with van der Waals surface area (Å²) in [6.07, 6.45) is 0.781. The number of ether oxygens (including phenoxy) is 2. The van der Waals surface area contributed by atoms with Gasteiger partial charge in [-0.2, -0.15) is 8.78 Å². The molecule has 0 N–H and O–H groups in total. The molecule has 0 bridgehead atoms. The van der Waals surface area contributed by atoms with E-state index in [1.54, 1.807) is 0 Å². The van der Waals surface area contributed by atoms with Crippen LogP contribution in [0, 0.1) is 30.2 Å². The van der Waals surface area contributed by atoms with E-state index in [-0.39, 0.29) is 11.3 Å². The Balaban J connectivity index is 2.64. The standard InChI is InChI=1S/C17H12F4O3/c1-4-12(22)24-17-8(2)7-10(14(19)16(17)21)9-5-6-11(23-3)15(20)13(9)18/h4-7H,1H2,2-3H3. The van der Waals surface area contributed by atoms with E-state index >= 15 is 0 Å². The van der Waals surface area contributed by atoms with Crippen LogP contribution in [0.25, 0.3) is 11.1 Å². The molecule has 0 aliphatic rings. The van der Waals surface area contributed by atoms with E-state index in [4.69, 9.17) is 0 Å². The lowest BCUT2D eigenvalue weighted by Crippen LogP contribution is -2.08. The van der Waals surface area contributed by atoms with Crippen molar-refractivity contribution in [3.05, 3.63) is 59.7 Å². The molecule has 0 aromatic heterocycles. The Hall–Kier alpha value is -2.83. The highest BCUT2D eigenvalue weighted by atomic mass is 19.2. The lowest BCUT2D eigenvalue weighted by atomic mass is 10.0. The predicted octanol–water partition coefficient (Wildman–Crippen LogP) is 4.32. The first-order chi connectivity index (χ1) is 11.3. The zero-order chi connectivity index (χ0) is 18.0. The van der Waals surface area contributed by atoms with Gasteiger partial charge >= 0.3 is 5.97 Å². The second kappa shape index (κ2) is 6.74. The molecule has 2 aromatic rings. The molecular weight excluding hydrogens is 328 g/mol. The van der Waals surface area contributed by atoms with Crippen LogP contribution < -0.4 is 9.47 Å². The van der Waals surface area contributed by atoms with Crippen LogP contribution in [0.1, 0.15) is 5.56 Å². The second-order valence-corrected chi connectivity index (χ2v) is 4.77. The molecule has 0 aliphatic heterocycles. The van der Waals surface area contributed by atoms with Gasteiger partial charge in [0.25, 0.3) is 0 Å². The molecule has 0 aliphatic carbocycles. The second-order valence-electron chi connectivity index (χ2n) is 4.77. The highest BCUT2D eigenvalue weighted by Crippen LogP contribution is 2.36. The van der Waals surface area contributed by atoms with Crippen molar-refractivity contribution in [1.82, 2.24) is 0 Å². The maximum atomic E-state index is 14.3. The number of carbonyl (C=O) groups is 1. The largest absolute Gasteiger partial charge is 0.494 e. The third kappa shape index (κ3) is 2.97. The van der Waals surface area contributed by atoms with E-state index in [0.717, 1.165) is 31.4 Å². The van der Waals surface area contributed by atoms with Crippen LogP contribution in [0.2, 0.25) is 0 Å². The van der Waals surface area contributed by atoms with Crippen molar-refractivity contribution in [1.29, 1.82) is 0 Å². The first-order valence-electron chi connectivity index (χ1n) is 6.67. The monoisotopic (exact) mass is 340 g/mol. The van der Waals surface area contributed by atoms with E-state index in [9.17, 15) is 22.4 Å². The lowest BCUT2D eigenvalue weighted by molar-refractivity contribution is -0.129. The summed E-state index contributed by atoms with van der Waals surface area (Å²) in [6, 6.07) is 3.20. The number of benzene rings is 2. The fraction of sp³-hybridized carbons (Fsp3) is 0.118. The zero-order valence-corrected chi connectivity index (χ0v) is 12.8. The third-order valence-electron chi connectivity index (χ3n) is 3.27. The Labute approximate surface area is 135 Å². The van der Waals surface area contributed by atoms with Crippen molar-refractivity contribution in [3.8, 4) is 22.6 Å². The van der Waals surface area contributed by atoms with Crippen molar-refractivity contribution in [2.45, 2.75) is 6.92 Å². The Morgan fingerprint density at radius 2 is 1.67 bits per heavy atom. The van der Waals surface area contributed by atoms with Crippen LogP contribution in [-0.2, 0) is 4.79 Å². The molecule has 0 unspecified atom stereocenters. The van der Waals surface area contributed by atoms with Gasteiger partial charge in [0.1, 0.15) is 0 Å². The van der Waals surface area contributed by atoms with E-state index in [2.05, 4.69) is 16.1 Å².